The number of benzene rings is 2. The monoisotopic (exact) mass is 340 g/mol. The minimum atomic E-state index is -0.564. The highest BCUT2D eigenvalue weighted by molar-refractivity contribution is 6.03. The molecule has 1 aliphatic heterocycles. The number of carbonyl (C=O) groups excluding carboxylic acids is 2. The number of piperazine rings is 1. The van der Waals surface area contributed by atoms with Crippen LogP contribution in [0.5, 0.6) is 0 Å². The van der Waals surface area contributed by atoms with Crippen LogP contribution < -0.4 is 4.90 Å². The van der Waals surface area contributed by atoms with Crippen molar-refractivity contribution < 1.29 is 14.0 Å². The molecule has 5 heteroatoms. The van der Waals surface area contributed by atoms with Crippen LogP contribution in [-0.4, -0.2) is 35.8 Å². The van der Waals surface area contributed by atoms with E-state index in [0.717, 1.165) is 16.8 Å². The lowest BCUT2D eigenvalue weighted by Gasteiger charge is -2.39. The molecule has 2 aromatic carbocycles. The summed E-state index contributed by atoms with van der Waals surface area (Å²) in [6, 6.07) is 10.9. The molecular weight excluding hydrogens is 319 g/mol. The number of nitrogens with zero attached hydrogens (tertiary/aromatic N) is 2. The first kappa shape index (κ1) is 17.1. The number of aryl methyl sites for hydroxylation is 2. The Labute approximate surface area is 146 Å². The lowest BCUT2D eigenvalue weighted by atomic mass is 10.1. The van der Waals surface area contributed by atoms with Gasteiger partial charge in [0.1, 0.15) is 11.9 Å². The largest absolute Gasteiger partial charge is 0.325 e. The number of amides is 2. The van der Waals surface area contributed by atoms with Crippen molar-refractivity contribution in [1.29, 1.82) is 0 Å². The van der Waals surface area contributed by atoms with Crippen LogP contribution in [-0.2, 0) is 4.79 Å². The molecule has 0 aliphatic carbocycles. The summed E-state index contributed by atoms with van der Waals surface area (Å²) in [5.41, 5.74) is 3.40. The van der Waals surface area contributed by atoms with Gasteiger partial charge >= 0.3 is 0 Å². The molecular formula is C20H21FN2O2. The Bertz CT molecular complexity index is 817. The average Bonchev–Trinajstić information content (AvgIpc) is 2.60. The van der Waals surface area contributed by atoms with E-state index in [1.807, 2.05) is 32.0 Å². The molecule has 1 fully saturated rings. The Balaban J connectivity index is 1.83. The molecule has 25 heavy (non-hydrogen) atoms. The van der Waals surface area contributed by atoms with Gasteiger partial charge in [-0.3, -0.25) is 9.59 Å². The summed E-state index contributed by atoms with van der Waals surface area (Å²) in [5, 5.41) is 0. The van der Waals surface area contributed by atoms with Gasteiger partial charge in [-0.05, 0) is 62.2 Å². The topological polar surface area (TPSA) is 40.6 Å². The standard InChI is InChI=1S/C20H21FN2O2/c1-13-4-5-14(2)18(12-13)23-11-10-22(15(3)19(23)24)20(25)16-6-8-17(21)9-7-16/h4-9,12,15H,10-11H2,1-3H3. The molecule has 1 saturated heterocycles. The Kier molecular flexibility index (Phi) is 4.57. The number of rotatable bonds is 2. The molecule has 130 valence electrons. The second-order valence-corrected chi connectivity index (χ2v) is 6.46. The summed E-state index contributed by atoms with van der Waals surface area (Å²) in [6.45, 7) is 6.59. The van der Waals surface area contributed by atoms with Crippen LogP contribution in [0.25, 0.3) is 0 Å². The Hall–Kier alpha value is -2.69. The number of carbonyl (C=O) groups is 2. The van der Waals surface area contributed by atoms with Gasteiger partial charge < -0.3 is 9.80 Å². The predicted molar refractivity (Wildman–Crippen MR) is 95.2 cm³/mol. The van der Waals surface area contributed by atoms with Crippen LogP contribution in [0.3, 0.4) is 0 Å². The maximum absolute atomic E-state index is 13.1. The molecule has 0 saturated carbocycles. The van der Waals surface area contributed by atoms with Crippen molar-refractivity contribution in [2.75, 3.05) is 18.0 Å². The van der Waals surface area contributed by atoms with Crippen molar-refractivity contribution in [1.82, 2.24) is 4.90 Å². The minimum Gasteiger partial charge on any atom is -0.325 e. The molecule has 3 rings (SSSR count). The van der Waals surface area contributed by atoms with Gasteiger partial charge in [0, 0.05) is 24.3 Å². The maximum Gasteiger partial charge on any atom is 0.254 e. The zero-order valence-corrected chi connectivity index (χ0v) is 14.6. The number of halogens is 1. The van der Waals surface area contributed by atoms with Crippen molar-refractivity contribution in [3.05, 3.63) is 65.0 Å². The Morgan fingerprint density at radius 2 is 1.76 bits per heavy atom. The molecule has 4 nitrogen and oxygen atoms in total. The number of hydrogen-bond acceptors (Lipinski definition) is 2. The first-order valence-corrected chi connectivity index (χ1v) is 8.33. The first-order valence-electron chi connectivity index (χ1n) is 8.33. The fourth-order valence-electron chi connectivity index (χ4n) is 3.16. The average molecular weight is 340 g/mol. The van der Waals surface area contributed by atoms with Crippen molar-refractivity contribution in [2.24, 2.45) is 0 Å². The van der Waals surface area contributed by atoms with Crippen LogP contribution in [0.2, 0.25) is 0 Å². The highest BCUT2D eigenvalue weighted by Gasteiger charge is 2.35. The Morgan fingerprint density at radius 3 is 2.44 bits per heavy atom. The van der Waals surface area contributed by atoms with Gasteiger partial charge in [-0.2, -0.15) is 0 Å². The summed E-state index contributed by atoms with van der Waals surface area (Å²) in [5.74, 6) is -0.739. The zero-order valence-electron chi connectivity index (χ0n) is 14.6. The molecule has 2 amide bonds. The van der Waals surface area contributed by atoms with E-state index in [4.69, 9.17) is 0 Å². The highest BCUT2D eigenvalue weighted by Crippen LogP contribution is 2.26. The quantitative estimate of drug-likeness (QED) is 0.841. The molecule has 2 aromatic rings. The molecule has 0 N–H and O–H groups in total. The fourth-order valence-corrected chi connectivity index (χ4v) is 3.16. The molecule has 0 radical (unpaired) electrons. The summed E-state index contributed by atoms with van der Waals surface area (Å²) < 4.78 is 13.1. The lowest BCUT2D eigenvalue weighted by Crippen LogP contribution is -2.58. The fraction of sp³-hybridized carbons (Fsp3) is 0.300. The van der Waals surface area contributed by atoms with Crippen molar-refractivity contribution in [2.45, 2.75) is 26.8 Å². The second-order valence-electron chi connectivity index (χ2n) is 6.46. The van der Waals surface area contributed by atoms with Crippen LogP contribution >= 0.6 is 0 Å². The van der Waals surface area contributed by atoms with Crippen molar-refractivity contribution >= 4 is 17.5 Å². The van der Waals surface area contributed by atoms with Gasteiger partial charge in [0.15, 0.2) is 0 Å². The van der Waals surface area contributed by atoms with Gasteiger partial charge in [-0.15, -0.1) is 0 Å². The van der Waals surface area contributed by atoms with Crippen LogP contribution in [0.1, 0.15) is 28.4 Å². The predicted octanol–water partition coefficient (Wildman–Crippen LogP) is 3.32. The molecule has 1 atom stereocenters. The third-order valence-electron chi connectivity index (χ3n) is 4.66. The normalized spacial score (nSPS) is 17.8. The van der Waals surface area contributed by atoms with Gasteiger partial charge in [-0.1, -0.05) is 12.1 Å². The Morgan fingerprint density at radius 1 is 1.08 bits per heavy atom. The number of hydrogen-bond donors (Lipinski definition) is 0. The van der Waals surface area contributed by atoms with E-state index in [-0.39, 0.29) is 17.6 Å². The van der Waals surface area contributed by atoms with Gasteiger partial charge in [0.25, 0.3) is 5.91 Å². The zero-order chi connectivity index (χ0) is 18.1. The summed E-state index contributed by atoms with van der Waals surface area (Å²) in [6.07, 6.45) is 0. The van der Waals surface area contributed by atoms with E-state index in [2.05, 4.69) is 0 Å². The van der Waals surface area contributed by atoms with Crippen molar-refractivity contribution in [3.63, 3.8) is 0 Å². The summed E-state index contributed by atoms with van der Waals surface area (Å²) in [7, 11) is 0. The van der Waals surface area contributed by atoms with Gasteiger partial charge in [-0.25, -0.2) is 4.39 Å². The molecule has 1 unspecified atom stereocenters. The van der Waals surface area contributed by atoms with Crippen LogP contribution in [0, 0.1) is 19.7 Å². The van der Waals surface area contributed by atoms with Gasteiger partial charge in [0.2, 0.25) is 5.91 Å². The number of anilines is 1. The molecule has 0 aromatic heterocycles. The minimum absolute atomic E-state index is 0.101. The van der Waals surface area contributed by atoms with Gasteiger partial charge in [0.05, 0.1) is 0 Å². The highest BCUT2D eigenvalue weighted by atomic mass is 19.1. The molecule has 1 aliphatic rings. The molecule has 0 spiro atoms. The second kappa shape index (κ2) is 6.67. The van der Waals surface area contributed by atoms with Crippen LogP contribution in [0.15, 0.2) is 42.5 Å². The molecule has 0 bridgehead atoms. The smallest absolute Gasteiger partial charge is 0.254 e. The lowest BCUT2D eigenvalue weighted by molar-refractivity contribution is -0.124. The van der Waals surface area contributed by atoms with E-state index >= 15 is 0 Å². The first-order chi connectivity index (χ1) is 11.9. The van der Waals surface area contributed by atoms with E-state index in [1.165, 1.54) is 24.3 Å². The maximum atomic E-state index is 13.1. The summed E-state index contributed by atoms with van der Waals surface area (Å²) >= 11 is 0. The van der Waals surface area contributed by atoms with Crippen LogP contribution in [0.4, 0.5) is 10.1 Å². The summed E-state index contributed by atoms with van der Waals surface area (Å²) in [4.78, 5) is 28.8. The van der Waals surface area contributed by atoms with E-state index in [9.17, 15) is 14.0 Å². The SMILES string of the molecule is Cc1ccc(C)c(N2CCN(C(=O)c3ccc(F)cc3)C(C)C2=O)c1. The van der Waals surface area contributed by atoms with E-state index < -0.39 is 6.04 Å². The van der Waals surface area contributed by atoms with E-state index in [0.29, 0.717) is 18.7 Å². The third-order valence-corrected chi connectivity index (χ3v) is 4.66. The van der Waals surface area contributed by atoms with Crippen molar-refractivity contribution in [3.8, 4) is 0 Å². The molecule has 1 heterocycles. The van der Waals surface area contributed by atoms with E-state index in [1.54, 1.807) is 16.7 Å². The third kappa shape index (κ3) is 3.27.